The lowest BCUT2D eigenvalue weighted by Gasteiger charge is -2.33. The van der Waals surface area contributed by atoms with Gasteiger partial charge in [0.25, 0.3) is 0 Å². The van der Waals surface area contributed by atoms with E-state index in [4.69, 9.17) is 5.73 Å². The molecule has 1 nitrogen and oxygen atoms in total. The van der Waals surface area contributed by atoms with E-state index in [0.717, 1.165) is 12.3 Å². The van der Waals surface area contributed by atoms with Crippen molar-refractivity contribution >= 4 is 0 Å². The molecule has 1 aliphatic carbocycles. The third kappa shape index (κ3) is 2.78. The predicted molar refractivity (Wildman–Crippen MR) is 85.6 cm³/mol. The van der Waals surface area contributed by atoms with Crippen molar-refractivity contribution in [1.82, 2.24) is 0 Å². The summed E-state index contributed by atoms with van der Waals surface area (Å²) in [6.07, 6.45) is 3.66. The van der Waals surface area contributed by atoms with Crippen LogP contribution in [0.3, 0.4) is 0 Å². The van der Waals surface area contributed by atoms with E-state index in [-0.39, 0.29) is 0 Å². The molecule has 3 rings (SSSR count). The van der Waals surface area contributed by atoms with Crippen LogP contribution in [-0.2, 0) is 0 Å². The largest absolute Gasteiger partial charge is 0.327 e. The summed E-state index contributed by atoms with van der Waals surface area (Å²) in [5.74, 6) is 1.33. The first-order chi connectivity index (χ1) is 9.74. The fraction of sp³-hybridized carbons (Fsp3) is 0.368. The molecule has 104 valence electrons. The normalized spacial score (nSPS) is 26.4. The minimum atomic E-state index is 0.328. The van der Waals surface area contributed by atoms with Crippen LogP contribution in [0.15, 0.2) is 54.6 Å². The van der Waals surface area contributed by atoms with Crippen LogP contribution in [0.4, 0.5) is 0 Å². The van der Waals surface area contributed by atoms with Gasteiger partial charge in [0.2, 0.25) is 0 Å². The average molecular weight is 265 g/mol. The SMILES string of the molecule is CC1CCC(N)C(c2ccc(-c3ccccc3)cc2)C1. The van der Waals surface area contributed by atoms with Gasteiger partial charge in [-0.05, 0) is 47.8 Å². The van der Waals surface area contributed by atoms with Crippen molar-refractivity contribution in [1.29, 1.82) is 0 Å². The molecule has 2 aromatic carbocycles. The molecule has 0 amide bonds. The van der Waals surface area contributed by atoms with Crippen molar-refractivity contribution in [2.45, 2.75) is 38.1 Å². The maximum absolute atomic E-state index is 6.32. The molecular formula is C19H23N. The highest BCUT2D eigenvalue weighted by Crippen LogP contribution is 2.35. The van der Waals surface area contributed by atoms with Crippen LogP contribution in [0.2, 0.25) is 0 Å². The van der Waals surface area contributed by atoms with Crippen LogP contribution in [0.5, 0.6) is 0 Å². The zero-order chi connectivity index (χ0) is 13.9. The summed E-state index contributed by atoms with van der Waals surface area (Å²) in [5, 5.41) is 0. The maximum atomic E-state index is 6.32. The quantitative estimate of drug-likeness (QED) is 0.844. The molecule has 0 aliphatic heterocycles. The highest BCUT2D eigenvalue weighted by molar-refractivity contribution is 5.63. The molecule has 1 heteroatoms. The second-order valence-electron chi connectivity index (χ2n) is 6.18. The summed E-state index contributed by atoms with van der Waals surface area (Å²) in [7, 11) is 0. The lowest BCUT2D eigenvalue weighted by atomic mass is 9.75. The van der Waals surface area contributed by atoms with Gasteiger partial charge in [-0.3, -0.25) is 0 Å². The Hall–Kier alpha value is -1.60. The minimum absolute atomic E-state index is 0.328. The minimum Gasteiger partial charge on any atom is -0.327 e. The molecule has 0 saturated heterocycles. The lowest BCUT2D eigenvalue weighted by molar-refractivity contribution is 0.306. The summed E-state index contributed by atoms with van der Waals surface area (Å²) in [6.45, 7) is 2.34. The zero-order valence-corrected chi connectivity index (χ0v) is 12.1. The number of benzene rings is 2. The molecule has 0 heterocycles. The molecule has 20 heavy (non-hydrogen) atoms. The molecule has 0 radical (unpaired) electrons. The number of rotatable bonds is 2. The summed E-state index contributed by atoms with van der Waals surface area (Å²) >= 11 is 0. The second-order valence-corrected chi connectivity index (χ2v) is 6.18. The molecule has 3 atom stereocenters. The van der Waals surface area contributed by atoms with E-state index in [2.05, 4.69) is 61.5 Å². The fourth-order valence-electron chi connectivity index (χ4n) is 3.34. The van der Waals surface area contributed by atoms with Gasteiger partial charge in [-0.25, -0.2) is 0 Å². The van der Waals surface area contributed by atoms with E-state index >= 15 is 0 Å². The van der Waals surface area contributed by atoms with E-state index in [1.54, 1.807) is 0 Å². The summed E-state index contributed by atoms with van der Waals surface area (Å²) < 4.78 is 0. The smallest absolute Gasteiger partial charge is 0.0108 e. The van der Waals surface area contributed by atoms with Gasteiger partial charge in [-0.15, -0.1) is 0 Å². The van der Waals surface area contributed by atoms with Crippen LogP contribution in [0.1, 0.15) is 37.7 Å². The molecule has 1 fully saturated rings. The predicted octanol–water partition coefficient (Wildman–Crippen LogP) is 4.58. The van der Waals surface area contributed by atoms with E-state index in [9.17, 15) is 0 Å². The number of nitrogens with two attached hydrogens (primary N) is 1. The van der Waals surface area contributed by atoms with Gasteiger partial charge in [0.15, 0.2) is 0 Å². The Bertz CT molecular complexity index is 544. The van der Waals surface area contributed by atoms with Gasteiger partial charge < -0.3 is 5.73 Å². The second kappa shape index (κ2) is 5.80. The van der Waals surface area contributed by atoms with Crippen LogP contribution >= 0.6 is 0 Å². The Balaban J connectivity index is 1.82. The molecule has 0 aromatic heterocycles. The Kier molecular flexibility index (Phi) is 3.88. The zero-order valence-electron chi connectivity index (χ0n) is 12.1. The van der Waals surface area contributed by atoms with Crippen LogP contribution in [0.25, 0.3) is 11.1 Å². The Morgan fingerprint density at radius 2 is 1.50 bits per heavy atom. The summed E-state index contributed by atoms with van der Waals surface area (Å²) in [6, 6.07) is 19.9. The summed E-state index contributed by atoms with van der Waals surface area (Å²) in [4.78, 5) is 0. The third-order valence-corrected chi connectivity index (χ3v) is 4.61. The Morgan fingerprint density at radius 1 is 0.850 bits per heavy atom. The summed E-state index contributed by atoms with van der Waals surface area (Å²) in [5.41, 5.74) is 10.3. The molecule has 0 spiro atoms. The molecule has 1 saturated carbocycles. The monoisotopic (exact) mass is 265 g/mol. The van der Waals surface area contributed by atoms with Crippen molar-refractivity contribution in [3.05, 3.63) is 60.2 Å². The van der Waals surface area contributed by atoms with E-state index in [1.807, 2.05) is 0 Å². The van der Waals surface area contributed by atoms with Crippen molar-refractivity contribution in [3.8, 4) is 11.1 Å². The van der Waals surface area contributed by atoms with E-state index in [0.29, 0.717) is 12.0 Å². The molecule has 2 aromatic rings. The number of hydrogen-bond acceptors (Lipinski definition) is 1. The maximum Gasteiger partial charge on any atom is 0.0108 e. The lowest BCUT2D eigenvalue weighted by Crippen LogP contribution is -2.33. The van der Waals surface area contributed by atoms with Gasteiger partial charge in [0.05, 0.1) is 0 Å². The first-order valence-electron chi connectivity index (χ1n) is 7.65. The van der Waals surface area contributed by atoms with Crippen LogP contribution in [-0.4, -0.2) is 6.04 Å². The molecule has 2 N–H and O–H groups in total. The van der Waals surface area contributed by atoms with E-state index in [1.165, 1.54) is 29.5 Å². The standard InChI is InChI=1S/C19H23N/c1-14-7-12-19(20)18(13-14)17-10-8-16(9-11-17)15-5-3-2-4-6-15/h2-6,8-11,14,18-19H,7,12-13,20H2,1H3. The van der Waals surface area contributed by atoms with Crippen molar-refractivity contribution in [2.24, 2.45) is 11.7 Å². The first kappa shape index (κ1) is 13.4. The number of hydrogen-bond donors (Lipinski definition) is 1. The van der Waals surface area contributed by atoms with Gasteiger partial charge in [-0.2, -0.15) is 0 Å². The first-order valence-corrected chi connectivity index (χ1v) is 7.65. The van der Waals surface area contributed by atoms with Crippen molar-refractivity contribution in [3.63, 3.8) is 0 Å². The van der Waals surface area contributed by atoms with E-state index < -0.39 is 0 Å². The van der Waals surface area contributed by atoms with Crippen LogP contribution in [0, 0.1) is 5.92 Å². The van der Waals surface area contributed by atoms with Gasteiger partial charge in [0.1, 0.15) is 0 Å². The molecule has 1 aliphatic rings. The van der Waals surface area contributed by atoms with Crippen molar-refractivity contribution < 1.29 is 0 Å². The average Bonchev–Trinajstić information content (AvgIpc) is 2.51. The Labute approximate surface area is 121 Å². The molecule has 0 bridgehead atoms. The third-order valence-electron chi connectivity index (χ3n) is 4.61. The highest BCUT2D eigenvalue weighted by atomic mass is 14.7. The van der Waals surface area contributed by atoms with Crippen molar-refractivity contribution in [2.75, 3.05) is 0 Å². The van der Waals surface area contributed by atoms with Gasteiger partial charge in [0, 0.05) is 6.04 Å². The Morgan fingerprint density at radius 3 is 2.20 bits per heavy atom. The topological polar surface area (TPSA) is 26.0 Å². The highest BCUT2D eigenvalue weighted by Gasteiger charge is 2.26. The molecule has 3 unspecified atom stereocenters. The van der Waals surface area contributed by atoms with Crippen LogP contribution < -0.4 is 5.73 Å². The van der Waals surface area contributed by atoms with Gasteiger partial charge in [-0.1, -0.05) is 61.5 Å². The fourth-order valence-corrected chi connectivity index (χ4v) is 3.34. The molecular weight excluding hydrogens is 242 g/mol. The van der Waals surface area contributed by atoms with Gasteiger partial charge >= 0.3 is 0 Å².